The highest BCUT2D eigenvalue weighted by Gasteiger charge is 2.48. The summed E-state index contributed by atoms with van der Waals surface area (Å²) in [4.78, 5) is 52.8. The maximum Gasteiger partial charge on any atom is 0.333 e. The van der Waals surface area contributed by atoms with Gasteiger partial charge in [0.15, 0.2) is 5.25 Å². The van der Waals surface area contributed by atoms with E-state index in [1.807, 2.05) is 21.6 Å². The minimum absolute atomic E-state index is 0.0492. The number of hydrogen-bond acceptors (Lipinski definition) is 10. The molecule has 14 heteroatoms. The second-order valence-corrected chi connectivity index (χ2v) is 14.7. The first-order chi connectivity index (χ1) is 18.1. The molecule has 3 aliphatic rings. The zero-order valence-corrected chi connectivity index (χ0v) is 24.2. The average Bonchev–Trinajstić information content (AvgIpc) is 3.18. The van der Waals surface area contributed by atoms with Crippen LogP contribution in [0, 0.1) is 11.8 Å². The van der Waals surface area contributed by atoms with E-state index in [-0.39, 0.29) is 23.3 Å². The molecule has 2 heterocycles. The predicted octanol–water partition coefficient (Wildman–Crippen LogP) is 2.81. The Morgan fingerprint density at radius 3 is 2.50 bits per heavy atom. The topological polar surface area (TPSA) is 159 Å². The van der Waals surface area contributed by atoms with Crippen molar-refractivity contribution >= 4 is 55.4 Å². The summed E-state index contributed by atoms with van der Waals surface area (Å²) < 4.78 is 31.3. The lowest BCUT2D eigenvalue weighted by Crippen LogP contribution is -2.36. The van der Waals surface area contributed by atoms with Crippen LogP contribution in [-0.2, 0) is 34.1 Å². The number of unbranched alkanes of at least 4 members (excludes halogenated alkanes) is 2. The van der Waals surface area contributed by atoms with Gasteiger partial charge in [-0.25, -0.2) is 4.79 Å². The standard InChI is InChI=1S/C24H39N3O8S3/c1-16(36-37-20-7-4-6-13-25-20)17-9-11-18(12-10-17)23(30)26-14-5-2-3-8-22(29)35-27-21(28)15-19(24(27)31)38(32,33)34/h16-20,25H,2-15H2,1H3,(H,26,30)(H,32,33,34). The van der Waals surface area contributed by atoms with E-state index in [2.05, 4.69) is 17.6 Å². The molecule has 0 aromatic heterocycles. The fraction of sp³-hybridized carbons (Fsp3) is 0.833. The molecule has 0 bridgehead atoms. The van der Waals surface area contributed by atoms with Crippen LogP contribution in [0.2, 0.25) is 0 Å². The molecule has 3 rings (SSSR count). The van der Waals surface area contributed by atoms with Crippen molar-refractivity contribution in [2.75, 3.05) is 13.1 Å². The van der Waals surface area contributed by atoms with Gasteiger partial charge < -0.3 is 15.5 Å². The number of piperidine rings is 1. The third-order valence-electron chi connectivity index (χ3n) is 7.37. The second kappa shape index (κ2) is 14.9. The first kappa shape index (κ1) is 31.2. The van der Waals surface area contributed by atoms with E-state index in [1.165, 1.54) is 19.3 Å². The third-order valence-corrected chi connectivity index (χ3v) is 11.8. The highest BCUT2D eigenvalue weighted by atomic mass is 33.1. The van der Waals surface area contributed by atoms with Gasteiger partial charge in [0.1, 0.15) is 0 Å². The average molecular weight is 594 g/mol. The summed E-state index contributed by atoms with van der Waals surface area (Å²) >= 11 is 0. The molecule has 0 spiro atoms. The van der Waals surface area contributed by atoms with E-state index in [0.29, 0.717) is 42.3 Å². The molecule has 0 aromatic carbocycles. The van der Waals surface area contributed by atoms with E-state index >= 15 is 0 Å². The Labute approximate surface area is 232 Å². The zero-order chi connectivity index (χ0) is 27.7. The molecule has 3 amide bonds. The minimum atomic E-state index is -4.75. The first-order valence-corrected chi connectivity index (χ1v) is 17.2. The van der Waals surface area contributed by atoms with Crippen molar-refractivity contribution in [2.45, 2.75) is 99.8 Å². The van der Waals surface area contributed by atoms with Gasteiger partial charge in [0.2, 0.25) is 5.91 Å². The predicted molar refractivity (Wildman–Crippen MR) is 145 cm³/mol. The Balaban J connectivity index is 1.23. The summed E-state index contributed by atoms with van der Waals surface area (Å²) in [7, 11) is -0.800. The Hall–Kier alpha value is -1.35. The van der Waals surface area contributed by atoms with Gasteiger partial charge >= 0.3 is 5.97 Å². The van der Waals surface area contributed by atoms with Crippen molar-refractivity contribution in [1.29, 1.82) is 0 Å². The fourth-order valence-corrected chi connectivity index (χ4v) is 8.76. The summed E-state index contributed by atoms with van der Waals surface area (Å²) in [5, 5.41) is 5.87. The first-order valence-electron chi connectivity index (χ1n) is 13.4. The Morgan fingerprint density at radius 2 is 1.87 bits per heavy atom. The molecule has 2 saturated heterocycles. The number of hydroxylamine groups is 2. The van der Waals surface area contributed by atoms with Gasteiger partial charge in [0.25, 0.3) is 21.9 Å². The van der Waals surface area contributed by atoms with Gasteiger partial charge in [-0.2, -0.15) is 8.42 Å². The molecular formula is C24H39N3O8S3. The highest BCUT2D eigenvalue weighted by Crippen LogP contribution is 2.41. The number of nitrogens with zero attached hydrogens (tertiary/aromatic N) is 1. The van der Waals surface area contributed by atoms with Crippen LogP contribution < -0.4 is 10.6 Å². The summed E-state index contributed by atoms with van der Waals surface area (Å²) in [6.07, 6.45) is 8.65. The van der Waals surface area contributed by atoms with Gasteiger partial charge in [-0.15, -0.1) is 5.06 Å². The van der Waals surface area contributed by atoms with Crippen LogP contribution in [0.15, 0.2) is 0 Å². The number of imide groups is 1. The number of carbonyl (C=O) groups is 4. The van der Waals surface area contributed by atoms with Gasteiger partial charge in [-0.05, 0) is 70.3 Å². The van der Waals surface area contributed by atoms with Crippen molar-refractivity contribution in [1.82, 2.24) is 15.7 Å². The molecule has 1 aliphatic carbocycles. The normalized spacial score (nSPS) is 27.3. The number of hydrogen-bond donors (Lipinski definition) is 3. The quantitative estimate of drug-likeness (QED) is 0.125. The molecule has 3 atom stereocenters. The maximum atomic E-state index is 12.6. The van der Waals surface area contributed by atoms with E-state index in [9.17, 15) is 27.6 Å². The second-order valence-electron chi connectivity index (χ2n) is 10.2. The van der Waals surface area contributed by atoms with Crippen LogP contribution in [0.4, 0.5) is 0 Å². The van der Waals surface area contributed by atoms with Crippen LogP contribution in [0.5, 0.6) is 0 Å². The van der Waals surface area contributed by atoms with Gasteiger partial charge in [-0.3, -0.25) is 18.9 Å². The third kappa shape index (κ3) is 9.39. The zero-order valence-electron chi connectivity index (χ0n) is 21.8. The smallest absolute Gasteiger partial charge is 0.333 e. The molecule has 3 unspecified atom stereocenters. The lowest BCUT2D eigenvalue weighted by atomic mass is 9.80. The number of rotatable bonds is 13. The van der Waals surface area contributed by atoms with Gasteiger partial charge in [0, 0.05) is 24.1 Å². The van der Waals surface area contributed by atoms with Gasteiger partial charge in [-0.1, -0.05) is 34.9 Å². The minimum Gasteiger partial charge on any atom is -0.356 e. The molecule has 216 valence electrons. The van der Waals surface area contributed by atoms with E-state index in [4.69, 9.17) is 9.39 Å². The van der Waals surface area contributed by atoms with Crippen molar-refractivity contribution in [3.05, 3.63) is 0 Å². The molecule has 3 fully saturated rings. The van der Waals surface area contributed by atoms with Crippen molar-refractivity contribution < 1.29 is 37.0 Å². The van der Waals surface area contributed by atoms with Crippen LogP contribution in [0.1, 0.15) is 84.0 Å². The molecule has 38 heavy (non-hydrogen) atoms. The molecular weight excluding hydrogens is 554 g/mol. The van der Waals surface area contributed by atoms with Crippen molar-refractivity contribution in [3.8, 4) is 0 Å². The van der Waals surface area contributed by atoms with E-state index < -0.39 is 39.6 Å². The largest absolute Gasteiger partial charge is 0.356 e. The Kier molecular flexibility index (Phi) is 12.2. The van der Waals surface area contributed by atoms with Crippen LogP contribution >= 0.6 is 21.6 Å². The lowest BCUT2D eigenvalue weighted by Gasteiger charge is -2.32. The molecule has 0 radical (unpaired) electrons. The Bertz CT molecular complexity index is 950. The molecule has 2 aliphatic heterocycles. The van der Waals surface area contributed by atoms with Crippen LogP contribution in [-0.4, -0.2) is 70.7 Å². The monoisotopic (exact) mass is 593 g/mol. The summed E-state index contributed by atoms with van der Waals surface area (Å²) in [6, 6.07) is 0. The maximum absolute atomic E-state index is 12.6. The lowest BCUT2D eigenvalue weighted by molar-refractivity contribution is -0.197. The van der Waals surface area contributed by atoms with Gasteiger partial charge in [0.05, 0.1) is 11.8 Å². The molecule has 11 nitrogen and oxygen atoms in total. The van der Waals surface area contributed by atoms with Crippen LogP contribution in [0.25, 0.3) is 0 Å². The number of nitrogens with one attached hydrogen (secondary N) is 2. The fourth-order valence-electron chi connectivity index (χ4n) is 4.97. The molecule has 3 N–H and O–H groups in total. The molecule has 1 saturated carbocycles. The SMILES string of the molecule is CC(SSC1CCCCN1)C1CCC(C(=O)NCCCCCC(=O)ON2C(=O)CC(S(=O)(=O)O)C2=O)CC1. The Morgan fingerprint density at radius 1 is 1.13 bits per heavy atom. The van der Waals surface area contributed by atoms with Crippen molar-refractivity contribution in [2.24, 2.45) is 11.8 Å². The van der Waals surface area contributed by atoms with Crippen LogP contribution in [0.3, 0.4) is 0 Å². The summed E-state index contributed by atoms with van der Waals surface area (Å²) in [6.45, 7) is 3.92. The highest BCUT2D eigenvalue weighted by molar-refractivity contribution is 8.77. The number of amides is 3. The summed E-state index contributed by atoms with van der Waals surface area (Å²) in [5.41, 5.74) is 0. The molecule has 0 aromatic rings. The van der Waals surface area contributed by atoms with Crippen molar-refractivity contribution in [3.63, 3.8) is 0 Å². The summed E-state index contributed by atoms with van der Waals surface area (Å²) in [5.74, 6) is -2.33. The van der Waals surface area contributed by atoms with E-state index in [1.54, 1.807) is 0 Å². The van der Waals surface area contributed by atoms with E-state index in [0.717, 1.165) is 32.2 Å². The number of carbonyl (C=O) groups excluding carboxylic acids is 4.